The molecule has 1 aliphatic rings. The molecule has 23 heavy (non-hydrogen) atoms. The quantitative estimate of drug-likeness (QED) is 0.505. The minimum absolute atomic E-state index is 0.226. The fourth-order valence-electron chi connectivity index (χ4n) is 3.06. The lowest BCUT2D eigenvalue weighted by molar-refractivity contribution is -0.0346. The van der Waals surface area contributed by atoms with Crippen LogP contribution >= 0.6 is 11.6 Å². The standard InChI is InChI=1S/C18H24ClN3O/c1-17(2)10-9-15(11-14-5-7-16(19)8-6-14)18(17,23)12-22(4)21-13-20-3/h5-8,11,13,23H,3,9-10,12H2,1-2,4H3/b15-11+,21-13-. The third kappa shape index (κ3) is 3.82. The Labute approximate surface area is 143 Å². The molecule has 0 radical (unpaired) electrons. The molecule has 1 saturated carbocycles. The van der Waals surface area contributed by atoms with Gasteiger partial charge >= 0.3 is 0 Å². The summed E-state index contributed by atoms with van der Waals surface area (Å²) in [4.78, 5) is 3.61. The summed E-state index contributed by atoms with van der Waals surface area (Å²) in [5.74, 6) is 0. The van der Waals surface area contributed by atoms with Gasteiger partial charge < -0.3 is 5.11 Å². The maximum absolute atomic E-state index is 11.4. The van der Waals surface area contributed by atoms with Crippen molar-refractivity contribution in [3.8, 4) is 0 Å². The molecule has 0 heterocycles. The Morgan fingerprint density at radius 2 is 2.00 bits per heavy atom. The third-order valence-corrected chi connectivity index (χ3v) is 4.92. The van der Waals surface area contributed by atoms with Crippen molar-refractivity contribution in [1.29, 1.82) is 0 Å². The summed E-state index contributed by atoms with van der Waals surface area (Å²) in [5.41, 5.74) is 0.897. The van der Waals surface area contributed by atoms with E-state index in [0.29, 0.717) is 11.6 Å². The maximum atomic E-state index is 11.4. The monoisotopic (exact) mass is 333 g/mol. The number of nitrogens with zero attached hydrogens (tertiary/aromatic N) is 3. The van der Waals surface area contributed by atoms with Crippen LogP contribution in [-0.2, 0) is 0 Å². The topological polar surface area (TPSA) is 48.2 Å². The molecule has 0 aromatic heterocycles. The van der Waals surface area contributed by atoms with Gasteiger partial charge in [0.15, 0.2) is 0 Å². The first-order chi connectivity index (χ1) is 10.8. The Morgan fingerprint density at radius 1 is 1.35 bits per heavy atom. The number of aliphatic hydroxyl groups is 1. The lowest BCUT2D eigenvalue weighted by Gasteiger charge is -2.39. The normalized spacial score (nSPS) is 25.2. The minimum Gasteiger partial charge on any atom is -0.383 e. The molecule has 0 bridgehead atoms. The molecule has 1 N–H and O–H groups in total. The SMILES string of the molecule is C=N/C=N\N(C)CC1(O)/C(=C/c2ccc(Cl)cc2)CCC1(C)C. The number of rotatable bonds is 5. The van der Waals surface area contributed by atoms with Gasteiger partial charge in [-0.25, -0.2) is 0 Å². The van der Waals surface area contributed by atoms with E-state index in [1.54, 1.807) is 5.01 Å². The van der Waals surface area contributed by atoms with Crippen LogP contribution in [0.1, 0.15) is 32.3 Å². The van der Waals surface area contributed by atoms with Crippen LogP contribution in [-0.4, -0.2) is 42.4 Å². The first-order valence-electron chi connectivity index (χ1n) is 7.67. The number of likely N-dealkylation sites (N-methyl/N-ethyl adjacent to an activating group) is 1. The summed E-state index contributed by atoms with van der Waals surface area (Å²) >= 11 is 5.94. The highest BCUT2D eigenvalue weighted by Crippen LogP contribution is 2.50. The molecule has 124 valence electrons. The van der Waals surface area contributed by atoms with Crippen molar-refractivity contribution in [1.82, 2.24) is 5.01 Å². The van der Waals surface area contributed by atoms with E-state index in [4.69, 9.17) is 11.6 Å². The molecule has 0 amide bonds. The van der Waals surface area contributed by atoms with Gasteiger partial charge in [-0.15, -0.1) is 0 Å². The molecule has 0 spiro atoms. The summed E-state index contributed by atoms with van der Waals surface area (Å²) in [6.07, 6.45) is 5.24. The Kier molecular flexibility index (Phi) is 5.27. The molecule has 4 nitrogen and oxygen atoms in total. The zero-order valence-electron chi connectivity index (χ0n) is 14.0. The number of halogens is 1. The van der Waals surface area contributed by atoms with Gasteiger partial charge in [-0.05, 0) is 48.2 Å². The van der Waals surface area contributed by atoms with Crippen LogP contribution in [0.3, 0.4) is 0 Å². The molecule has 0 aliphatic heterocycles. The lowest BCUT2D eigenvalue weighted by Crippen LogP contribution is -2.48. The summed E-state index contributed by atoms with van der Waals surface area (Å²) in [5, 5.41) is 18.0. The zero-order valence-corrected chi connectivity index (χ0v) is 14.7. The fourth-order valence-corrected chi connectivity index (χ4v) is 3.19. The van der Waals surface area contributed by atoms with Gasteiger partial charge in [-0.1, -0.05) is 43.7 Å². The van der Waals surface area contributed by atoms with Crippen LogP contribution in [0.4, 0.5) is 0 Å². The van der Waals surface area contributed by atoms with Gasteiger partial charge in [-0.2, -0.15) is 5.10 Å². The van der Waals surface area contributed by atoms with Crippen molar-refractivity contribution in [2.45, 2.75) is 32.3 Å². The summed E-state index contributed by atoms with van der Waals surface area (Å²) < 4.78 is 0. The summed E-state index contributed by atoms with van der Waals surface area (Å²) in [6.45, 7) is 7.98. The molecular weight excluding hydrogens is 310 g/mol. The predicted molar refractivity (Wildman–Crippen MR) is 98.1 cm³/mol. The average Bonchev–Trinajstić information content (AvgIpc) is 2.71. The van der Waals surface area contributed by atoms with E-state index in [1.807, 2.05) is 31.3 Å². The van der Waals surface area contributed by atoms with Crippen molar-refractivity contribution < 1.29 is 5.11 Å². The number of hydrogen-bond donors (Lipinski definition) is 1. The van der Waals surface area contributed by atoms with E-state index in [1.165, 1.54) is 6.34 Å². The van der Waals surface area contributed by atoms with Gasteiger partial charge in [0.25, 0.3) is 0 Å². The van der Waals surface area contributed by atoms with E-state index in [2.05, 4.69) is 36.7 Å². The van der Waals surface area contributed by atoms with E-state index in [9.17, 15) is 5.11 Å². The van der Waals surface area contributed by atoms with Crippen LogP contribution in [0.25, 0.3) is 6.08 Å². The molecule has 5 heteroatoms. The van der Waals surface area contributed by atoms with Crippen LogP contribution in [0.2, 0.25) is 5.02 Å². The van der Waals surface area contributed by atoms with Crippen molar-refractivity contribution >= 4 is 30.7 Å². The lowest BCUT2D eigenvalue weighted by atomic mass is 9.75. The van der Waals surface area contributed by atoms with Gasteiger partial charge in [0.2, 0.25) is 0 Å². The third-order valence-electron chi connectivity index (χ3n) is 4.67. The molecule has 1 aliphatic carbocycles. The zero-order chi connectivity index (χ0) is 17.1. The van der Waals surface area contributed by atoms with Crippen LogP contribution in [0.15, 0.2) is 39.9 Å². The van der Waals surface area contributed by atoms with Crippen LogP contribution in [0.5, 0.6) is 0 Å². The van der Waals surface area contributed by atoms with Crippen molar-refractivity contribution in [3.05, 3.63) is 40.4 Å². The van der Waals surface area contributed by atoms with E-state index in [0.717, 1.165) is 24.0 Å². The number of aliphatic imine (C=N–C) groups is 1. The summed E-state index contributed by atoms with van der Waals surface area (Å²) in [6, 6.07) is 7.65. The van der Waals surface area contributed by atoms with Gasteiger partial charge in [0.05, 0.1) is 6.54 Å². The van der Waals surface area contributed by atoms with Crippen molar-refractivity contribution in [2.24, 2.45) is 15.5 Å². The second-order valence-corrected chi connectivity index (χ2v) is 7.13. The first kappa shape index (κ1) is 17.7. The highest BCUT2D eigenvalue weighted by molar-refractivity contribution is 6.30. The Morgan fingerprint density at radius 3 is 2.61 bits per heavy atom. The molecule has 1 unspecified atom stereocenters. The molecule has 1 fully saturated rings. The average molecular weight is 334 g/mol. The van der Waals surface area contributed by atoms with Crippen LogP contribution in [0, 0.1) is 5.41 Å². The van der Waals surface area contributed by atoms with Gasteiger partial charge in [-0.3, -0.25) is 10.0 Å². The smallest absolute Gasteiger partial charge is 0.134 e. The number of benzene rings is 1. The van der Waals surface area contributed by atoms with E-state index in [-0.39, 0.29) is 5.41 Å². The second kappa shape index (κ2) is 6.85. The van der Waals surface area contributed by atoms with E-state index >= 15 is 0 Å². The Balaban J connectivity index is 2.32. The van der Waals surface area contributed by atoms with Crippen molar-refractivity contribution in [2.75, 3.05) is 13.6 Å². The second-order valence-electron chi connectivity index (χ2n) is 6.69. The molecule has 2 rings (SSSR count). The fraction of sp³-hybridized carbons (Fsp3) is 0.444. The largest absolute Gasteiger partial charge is 0.383 e. The predicted octanol–water partition coefficient (Wildman–Crippen LogP) is 3.85. The minimum atomic E-state index is -0.945. The molecule has 1 atom stereocenters. The molecule has 1 aromatic carbocycles. The number of hydrazone groups is 1. The Bertz CT molecular complexity index is 622. The first-order valence-corrected chi connectivity index (χ1v) is 8.05. The van der Waals surface area contributed by atoms with Crippen molar-refractivity contribution in [3.63, 3.8) is 0 Å². The molecule has 0 saturated heterocycles. The number of hydrogen-bond acceptors (Lipinski definition) is 3. The highest BCUT2D eigenvalue weighted by atomic mass is 35.5. The van der Waals surface area contributed by atoms with Crippen LogP contribution < -0.4 is 0 Å². The maximum Gasteiger partial charge on any atom is 0.134 e. The molecule has 1 aromatic rings. The highest BCUT2D eigenvalue weighted by Gasteiger charge is 2.51. The van der Waals surface area contributed by atoms with Gasteiger partial charge in [0, 0.05) is 12.1 Å². The van der Waals surface area contributed by atoms with E-state index < -0.39 is 5.60 Å². The Hall–Kier alpha value is -1.65. The summed E-state index contributed by atoms with van der Waals surface area (Å²) in [7, 11) is 1.83. The van der Waals surface area contributed by atoms with Gasteiger partial charge in [0.1, 0.15) is 11.9 Å². The molecular formula is C18H24ClN3O.